The Balaban J connectivity index is 1.63. The van der Waals surface area contributed by atoms with Gasteiger partial charge in [-0.1, -0.05) is 34.9 Å². The third kappa shape index (κ3) is 4.48. The van der Waals surface area contributed by atoms with Gasteiger partial charge < -0.3 is 10.1 Å². The molecule has 0 fully saturated rings. The molecule has 2 heterocycles. The molecule has 1 amide bonds. The Bertz CT molecular complexity index is 924. The molecule has 1 aromatic carbocycles. The average Bonchev–Trinajstić information content (AvgIpc) is 3.24. The molecule has 0 aliphatic carbocycles. The fourth-order valence-electron chi connectivity index (χ4n) is 1.84. The maximum absolute atomic E-state index is 12.1. The zero-order valence-electron chi connectivity index (χ0n) is 13.1. The number of benzene rings is 1. The molecule has 3 rings (SSSR count). The molecule has 11 heteroatoms. The van der Waals surface area contributed by atoms with E-state index in [1.807, 2.05) is 6.26 Å². The van der Waals surface area contributed by atoms with Crippen molar-refractivity contribution >= 4 is 73.6 Å². The highest BCUT2D eigenvalue weighted by Crippen LogP contribution is 2.28. The summed E-state index contributed by atoms with van der Waals surface area (Å²) in [7, 11) is 1.34. The van der Waals surface area contributed by atoms with Crippen molar-refractivity contribution in [3.8, 4) is 0 Å². The van der Waals surface area contributed by atoms with E-state index in [1.165, 1.54) is 53.5 Å². The topological polar surface area (TPSA) is 94.1 Å². The number of rotatable bonds is 6. The van der Waals surface area contributed by atoms with Crippen LogP contribution in [-0.2, 0) is 9.53 Å². The minimum Gasteiger partial charge on any atom is -0.465 e. The minimum absolute atomic E-state index is 0.168. The van der Waals surface area contributed by atoms with Gasteiger partial charge in [-0.05, 0) is 36.0 Å². The van der Waals surface area contributed by atoms with E-state index in [4.69, 9.17) is 4.74 Å². The van der Waals surface area contributed by atoms with Crippen molar-refractivity contribution in [1.82, 2.24) is 14.3 Å². The van der Waals surface area contributed by atoms with Crippen molar-refractivity contribution in [2.75, 3.05) is 24.4 Å². The Morgan fingerprint density at radius 2 is 2.16 bits per heavy atom. The number of methoxy groups -OCH3 is 1. The molecule has 0 radical (unpaired) electrons. The zero-order chi connectivity index (χ0) is 17.8. The van der Waals surface area contributed by atoms with Gasteiger partial charge in [0.2, 0.25) is 11.1 Å². The first-order chi connectivity index (χ1) is 12.1. The number of carbonyl (C=O) groups is 2. The van der Waals surface area contributed by atoms with Crippen molar-refractivity contribution in [1.29, 1.82) is 0 Å². The number of carbonyl (C=O) groups excluding carboxylic acids is 2. The predicted molar refractivity (Wildman–Crippen MR) is 102 cm³/mol. The molecule has 0 unspecified atom stereocenters. The number of hydrogen-bond acceptors (Lipinski definition) is 10. The first kappa shape index (κ1) is 18.1. The molecule has 0 spiro atoms. The zero-order valence-corrected chi connectivity index (χ0v) is 16.4. The van der Waals surface area contributed by atoms with Crippen LogP contribution in [0.2, 0.25) is 0 Å². The molecule has 2 aromatic heterocycles. The van der Waals surface area contributed by atoms with Gasteiger partial charge in [0.1, 0.15) is 0 Å². The lowest BCUT2D eigenvalue weighted by Crippen LogP contribution is -2.13. The van der Waals surface area contributed by atoms with Crippen LogP contribution in [0, 0.1) is 0 Å². The second kappa shape index (κ2) is 8.13. The number of thioether (sulfide) groups is 2. The summed E-state index contributed by atoms with van der Waals surface area (Å²) in [4.78, 5) is 32.3. The summed E-state index contributed by atoms with van der Waals surface area (Å²) in [5.74, 6) is -0.344. The van der Waals surface area contributed by atoms with Gasteiger partial charge >= 0.3 is 5.97 Å². The number of anilines is 1. The van der Waals surface area contributed by atoms with Gasteiger partial charge in [0, 0.05) is 0 Å². The van der Waals surface area contributed by atoms with Crippen LogP contribution in [0.15, 0.2) is 27.7 Å². The number of thiazole rings is 1. The predicted octanol–water partition coefficient (Wildman–Crippen LogP) is 3.39. The van der Waals surface area contributed by atoms with E-state index < -0.39 is 5.97 Å². The normalized spacial score (nSPS) is 10.8. The number of fused-ring (bicyclic) bond motifs is 1. The maximum Gasteiger partial charge on any atom is 0.337 e. The lowest BCUT2D eigenvalue weighted by atomic mass is 10.2. The number of hydrogen-bond donors (Lipinski definition) is 1. The highest BCUT2D eigenvalue weighted by molar-refractivity contribution is 8.01. The molecule has 0 saturated heterocycles. The molecule has 130 valence electrons. The van der Waals surface area contributed by atoms with Gasteiger partial charge in [-0.15, -0.1) is 0 Å². The standard InChI is InChI=1S/C14H12N4O3S4/c1-21-11(20)7-3-4-8-9(5-7)24-12(15-8)16-10(19)6-23-14-17-13(22-2)18-25-14/h3-5H,6H2,1-2H3,(H,15,16,19). The van der Waals surface area contributed by atoms with Crippen molar-refractivity contribution in [3.63, 3.8) is 0 Å². The second-order valence-electron chi connectivity index (χ2n) is 4.58. The van der Waals surface area contributed by atoms with E-state index in [0.29, 0.717) is 21.4 Å². The van der Waals surface area contributed by atoms with Gasteiger partial charge in [-0.25, -0.2) is 14.8 Å². The fourth-order valence-corrected chi connectivity index (χ4v) is 4.77. The number of amides is 1. The first-order valence-corrected chi connectivity index (χ1v) is 10.7. The lowest BCUT2D eigenvalue weighted by Gasteiger charge is -1.98. The minimum atomic E-state index is -0.404. The summed E-state index contributed by atoms with van der Waals surface area (Å²) in [6.45, 7) is 0. The first-order valence-electron chi connectivity index (χ1n) is 6.88. The maximum atomic E-state index is 12.1. The van der Waals surface area contributed by atoms with Crippen LogP contribution in [0.1, 0.15) is 10.4 Å². The molecule has 3 aromatic rings. The van der Waals surface area contributed by atoms with Crippen molar-refractivity contribution in [2.24, 2.45) is 0 Å². The van der Waals surface area contributed by atoms with Crippen LogP contribution in [0.5, 0.6) is 0 Å². The molecule has 1 N–H and O–H groups in total. The Morgan fingerprint density at radius 1 is 1.32 bits per heavy atom. The second-order valence-corrected chi connectivity index (χ2v) is 8.36. The van der Waals surface area contributed by atoms with E-state index in [2.05, 4.69) is 19.7 Å². The van der Waals surface area contributed by atoms with E-state index in [9.17, 15) is 9.59 Å². The molecule has 7 nitrogen and oxygen atoms in total. The SMILES string of the molecule is COC(=O)c1ccc2nc(NC(=O)CSc3nc(SC)ns3)sc2c1. The van der Waals surface area contributed by atoms with Gasteiger partial charge in [0.15, 0.2) is 9.47 Å². The molecule has 0 atom stereocenters. The molecule has 25 heavy (non-hydrogen) atoms. The Hall–Kier alpha value is -1.69. The van der Waals surface area contributed by atoms with Crippen LogP contribution in [-0.4, -0.2) is 45.3 Å². The van der Waals surface area contributed by atoms with Crippen LogP contribution < -0.4 is 5.32 Å². The van der Waals surface area contributed by atoms with Crippen LogP contribution >= 0.6 is 46.4 Å². The lowest BCUT2D eigenvalue weighted by molar-refractivity contribution is -0.113. The summed E-state index contributed by atoms with van der Waals surface area (Å²) in [5.41, 5.74) is 1.17. The molecular formula is C14H12N4O3S4. The third-order valence-corrected chi connectivity index (χ3v) is 6.38. The number of esters is 1. The van der Waals surface area contributed by atoms with Gasteiger partial charge in [0.05, 0.1) is 28.6 Å². The Kier molecular flexibility index (Phi) is 5.89. The van der Waals surface area contributed by atoms with Crippen LogP contribution in [0.4, 0.5) is 5.13 Å². The Morgan fingerprint density at radius 3 is 2.88 bits per heavy atom. The van der Waals surface area contributed by atoms with Gasteiger partial charge in [0.25, 0.3) is 0 Å². The van der Waals surface area contributed by atoms with Crippen molar-refractivity contribution in [2.45, 2.75) is 9.50 Å². The summed E-state index contributed by atoms with van der Waals surface area (Å²) in [6.07, 6.45) is 1.90. The smallest absolute Gasteiger partial charge is 0.337 e. The van der Waals surface area contributed by atoms with Gasteiger partial charge in [-0.2, -0.15) is 4.37 Å². The Labute approximate surface area is 159 Å². The van der Waals surface area contributed by atoms with Crippen molar-refractivity contribution in [3.05, 3.63) is 23.8 Å². The van der Waals surface area contributed by atoms with Gasteiger partial charge in [-0.3, -0.25) is 4.79 Å². The fraction of sp³-hybridized carbons (Fsp3) is 0.214. The quantitative estimate of drug-likeness (QED) is 0.486. The largest absolute Gasteiger partial charge is 0.465 e. The number of ether oxygens (including phenoxy) is 1. The number of nitrogens with one attached hydrogen (secondary N) is 1. The summed E-state index contributed by atoms with van der Waals surface area (Å²) in [5, 5.41) is 3.97. The highest BCUT2D eigenvalue weighted by Gasteiger charge is 2.12. The monoisotopic (exact) mass is 412 g/mol. The van der Waals surface area contributed by atoms with E-state index >= 15 is 0 Å². The molecule has 0 aliphatic heterocycles. The summed E-state index contributed by atoms with van der Waals surface area (Å²) >= 11 is 5.39. The molecular weight excluding hydrogens is 400 g/mol. The van der Waals surface area contributed by atoms with E-state index in [1.54, 1.807) is 18.2 Å². The third-order valence-electron chi connectivity index (χ3n) is 2.95. The molecule has 0 aliphatic rings. The molecule has 0 bridgehead atoms. The number of aromatic nitrogens is 3. The van der Waals surface area contributed by atoms with Crippen LogP contribution in [0.25, 0.3) is 10.2 Å². The summed E-state index contributed by atoms with van der Waals surface area (Å²) < 4.78 is 10.4. The molecule has 0 saturated carbocycles. The average molecular weight is 413 g/mol. The van der Waals surface area contributed by atoms with E-state index in [0.717, 1.165) is 9.04 Å². The highest BCUT2D eigenvalue weighted by atomic mass is 32.2. The van der Waals surface area contributed by atoms with Crippen LogP contribution in [0.3, 0.4) is 0 Å². The van der Waals surface area contributed by atoms with Crippen molar-refractivity contribution < 1.29 is 14.3 Å². The van der Waals surface area contributed by atoms with E-state index in [-0.39, 0.29) is 11.7 Å². The summed E-state index contributed by atoms with van der Waals surface area (Å²) in [6, 6.07) is 5.08. The number of nitrogens with zero attached hydrogens (tertiary/aromatic N) is 3.